The molecule has 2 rings (SSSR count). The van der Waals surface area contributed by atoms with Crippen LogP contribution in [0.15, 0.2) is 16.8 Å². The van der Waals surface area contributed by atoms with E-state index in [0.717, 1.165) is 6.42 Å². The molecule has 1 aliphatic heterocycles. The van der Waals surface area contributed by atoms with Crippen molar-refractivity contribution in [3.8, 4) is 0 Å². The van der Waals surface area contributed by atoms with E-state index in [4.69, 9.17) is 0 Å². The van der Waals surface area contributed by atoms with Crippen molar-refractivity contribution in [2.75, 3.05) is 32.5 Å². The maximum Gasteiger partial charge on any atom is 0.223 e. The first-order chi connectivity index (χ1) is 11.4. The second kappa shape index (κ2) is 8.94. The Morgan fingerprint density at radius 3 is 2.67 bits per heavy atom. The van der Waals surface area contributed by atoms with Gasteiger partial charge in [-0.05, 0) is 54.0 Å². The fraction of sp³-hybridized carbons (Fsp3) is 0.688. The molecule has 1 amide bonds. The van der Waals surface area contributed by atoms with Gasteiger partial charge in [-0.3, -0.25) is 4.79 Å². The van der Waals surface area contributed by atoms with Gasteiger partial charge in [0, 0.05) is 32.2 Å². The molecule has 0 unspecified atom stereocenters. The number of carbonyl (C=O) groups excluding carboxylic acids is 1. The maximum absolute atomic E-state index is 12.3. The maximum atomic E-state index is 12.3. The van der Waals surface area contributed by atoms with Gasteiger partial charge in [-0.2, -0.15) is 11.3 Å². The standard InChI is InChI=1S/C16H26N2O4S2/c1-24(21,22)18-8-3-14(4-9-18)16(20)17-7-2-13(5-10-19)15-6-11-23-12-15/h6,11-14,19H,2-5,7-10H2,1H3,(H,17,20)/t13-/m1/s1. The number of nitrogens with one attached hydrogen (secondary N) is 1. The lowest BCUT2D eigenvalue weighted by atomic mass is 9.94. The highest BCUT2D eigenvalue weighted by Crippen LogP contribution is 2.25. The molecular weight excluding hydrogens is 348 g/mol. The van der Waals surface area contributed by atoms with Gasteiger partial charge in [0.15, 0.2) is 0 Å². The number of aliphatic hydroxyl groups excluding tert-OH is 1. The molecule has 1 saturated heterocycles. The Kier molecular flexibility index (Phi) is 7.21. The number of carbonyl (C=O) groups is 1. The average molecular weight is 375 g/mol. The fourth-order valence-corrected chi connectivity index (χ4v) is 4.72. The molecule has 2 heterocycles. The first-order valence-corrected chi connectivity index (χ1v) is 11.1. The number of rotatable bonds is 8. The third-order valence-electron chi connectivity index (χ3n) is 4.58. The van der Waals surface area contributed by atoms with Crippen LogP contribution in [0.1, 0.15) is 37.2 Å². The molecule has 2 N–H and O–H groups in total. The Morgan fingerprint density at radius 2 is 2.12 bits per heavy atom. The SMILES string of the molecule is CS(=O)(=O)N1CCC(C(=O)NCC[C@H](CCO)c2ccsc2)CC1. The largest absolute Gasteiger partial charge is 0.396 e. The van der Waals surface area contributed by atoms with Crippen molar-refractivity contribution in [3.05, 3.63) is 22.4 Å². The summed E-state index contributed by atoms with van der Waals surface area (Å²) in [7, 11) is -3.16. The lowest BCUT2D eigenvalue weighted by Gasteiger charge is -2.29. The number of hydrogen-bond donors (Lipinski definition) is 2. The van der Waals surface area contributed by atoms with Crippen molar-refractivity contribution in [2.24, 2.45) is 5.92 Å². The average Bonchev–Trinajstić information content (AvgIpc) is 3.07. The van der Waals surface area contributed by atoms with E-state index in [1.54, 1.807) is 11.3 Å². The Bertz CT molecular complexity index is 608. The minimum absolute atomic E-state index is 0.0104. The molecule has 1 atom stereocenters. The highest BCUT2D eigenvalue weighted by molar-refractivity contribution is 7.88. The molecule has 1 aromatic heterocycles. The monoisotopic (exact) mass is 374 g/mol. The Labute approximate surface area is 147 Å². The highest BCUT2D eigenvalue weighted by Gasteiger charge is 2.28. The van der Waals surface area contributed by atoms with Gasteiger partial charge >= 0.3 is 0 Å². The minimum atomic E-state index is -3.16. The molecule has 136 valence electrons. The topological polar surface area (TPSA) is 86.7 Å². The van der Waals surface area contributed by atoms with Gasteiger partial charge < -0.3 is 10.4 Å². The lowest BCUT2D eigenvalue weighted by molar-refractivity contribution is -0.126. The van der Waals surface area contributed by atoms with E-state index in [2.05, 4.69) is 16.8 Å². The fourth-order valence-electron chi connectivity index (χ4n) is 3.10. The molecule has 6 nitrogen and oxygen atoms in total. The molecule has 0 aliphatic carbocycles. The van der Waals surface area contributed by atoms with Crippen LogP contribution in [0.2, 0.25) is 0 Å². The number of hydrogen-bond acceptors (Lipinski definition) is 5. The molecule has 1 fully saturated rings. The van der Waals surface area contributed by atoms with E-state index < -0.39 is 10.0 Å². The molecule has 0 spiro atoms. The first kappa shape index (κ1) is 19.4. The molecule has 1 aliphatic rings. The summed E-state index contributed by atoms with van der Waals surface area (Å²) in [4.78, 5) is 12.3. The van der Waals surface area contributed by atoms with Crippen LogP contribution >= 0.6 is 11.3 Å². The third-order valence-corrected chi connectivity index (χ3v) is 6.58. The second-order valence-corrected chi connectivity index (χ2v) is 9.04. The van der Waals surface area contributed by atoms with Crippen molar-refractivity contribution >= 4 is 27.3 Å². The van der Waals surface area contributed by atoms with Crippen LogP contribution in [0.4, 0.5) is 0 Å². The Balaban J connectivity index is 1.75. The van der Waals surface area contributed by atoms with E-state index in [0.29, 0.717) is 38.9 Å². The number of thiophene rings is 1. The summed E-state index contributed by atoms with van der Waals surface area (Å²) in [5.41, 5.74) is 1.21. The van der Waals surface area contributed by atoms with Crippen LogP contribution in [0.25, 0.3) is 0 Å². The quantitative estimate of drug-likeness (QED) is 0.720. The van der Waals surface area contributed by atoms with Crippen LogP contribution in [0.5, 0.6) is 0 Å². The second-order valence-electron chi connectivity index (χ2n) is 6.28. The summed E-state index contributed by atoms with van der Waals surface area (Å²) in [6.45, 7) is 1.54. The van der Waals surface area contributed by atoms with Crippen LogP contribution < -0.4 is 5.32 Å². The van der Waals surface area contributed by atoms with E-state index in [1.807, 2.05) is 5.38 Å². The van der Waals surface area contributed by atoms with E-state index in [-0.39, 0.29) is 24.3 Å². The smallest absolute Gasteiger partial charge is 0.223 e. The van der Waals surface area contributed by atoms with Crippen LogP contribution in [0, 0.1) is 5.92 Å². The van der Waals surface area contributed by atoms with Gasteiger partial charge in [-0.15, -0.1) is 0 Å². The molecule has 8 heteroatoms. The summed E-state index contributed by atoms with van der Waals surface area (Å²) in [5.74, 6) is 0.158. The number of aliphatic hydroxyl groups is 1. The predicted octanol–water partition coefficient (Wildman–Crippen LogP) is 1.39. The van der Waals surface area contributed by atoms with E-state index >= 15 is 0 Å². The number of nitrogens with zero attached hydrogens (tertiary/aromatic N) is 1. The predicted molar refractivity (Wildman–Crippen MR) is 95.5 cm³/mol. The summed E-state index contributed by atoms with van der Waals surface area (Å²) in [6, 6.07) is 2.06. The van der Waals surface area contributed by atoms with E-state index in [1.165, 1.54) is 16.1 Å². The normalized spacial score (nSPS) is 18.4. The highest BCUT2D eigenvalue weighted by atomic mass is 32.2. The van der Waals surface area contributed by atoms with Crippen LogP contribution in [-0.4, -0.2) is 56.2 Å². The van der Waals surface area contributed by atoms with Gasteiger partial charge in [0.2, 0.25) is 15.9 Å². The summed E-state index contributed by atoms with van der Waals surface area (Å²) < 4.78 is 24.4. The molecular formula is C16H26N2O4S2. The zero-order chi connectivity index (χ0) is 17.6. The van der Waals surface area contributed by atoms with Gasteiger partial charge in [0.25, 0.3) is 0 Å². The number of sulfonamides is 1. The molecule has 0 bridgehead atoms. The zero-order valence-electron chi connectivity index (χ0n) is 14.0. The Morgan fingerprint density at radius 1 is 1.42 bits per heavy atom. The van der Waals surface area contributed by atoms with Crippen LogP contribution in [0.3, 0.4) is 0 Å². The van der Waals surface area contributed by atoms with Gasteiger partial charge in [-0.1, -0.05) is 0 Å². The molecule has 24 heavy (non-hydrogen) atoms. The van der Waals surface area contributed by atoms with E-state index in [9.17, 15) is 18.3 Å². The van der Waals surface area contributed by atoms with Crippen molar-refractivity contribution < 1.29 is 18.3 Å². The van der Waals surface area contributed by atoms with Gasteiger partial charge in [-0.25, -0.2) is 12.7 Å². The lowest BCUT2D eigenvalue weighted by Crippen LogP contribution is -2.42. The van der Waals surface area contributed by atoms with Crippen molar-refractivity contribution in [2.45, 2.75) is 31.6 Å². The molecule has 1 aromatic rings. The van der Waals surface area contributed by atoms with Gasteiger partial charge in [0.1, 0.15) is 0 Å². The first-order valence-electron chi connectivity index (χ1n) is 8.27. The van der Waals surface area contributed by atoms with Gasteiger partial charge in [0.05, 0.1) is 6.26 Å². The third kappa shape index (κ3) is 5.54. The number of amides is 1. The van der Waals surface area contributed by atoms with Crippen molar-refractivity contribution in [1.29, 1.82) is 0 Å². The summed E-state index contributed by atoms with van der Waals surface area (Å²) in [5, 5.41) is 16.3. The Hall–Kier alpha value is -0.960. The molecule has 0 saturated carbocycles. The summed E-state index contributed by atoms with van der Waals surface area (Å²) in [6.07, 6.45) is 3.84. The minimum Gasteiger partial charge on any atom is -0.396 e. The van der Waals surface area contributed by atoms with Crippen molar-refractivity contribution in [1.82, 2.24) is 9.62 Å². The number of piperidine rings is 1. The molecule has 0 radical (unpaired) electrons. The molecule has 0 aromatic carbocycles. The zero-order valence-corrected chi connectivity index (χ0v) is 15.6. The van der Waals surface area contributed by atoms with Crippen molar-refractivity contribution in [3.63, 3.8) is 0 Å². The van der Waals surface area contributed by atoms with Crippen LogP contribution in [-0.2, 0) is 14.8 Å². The summed E-state index contributed by atoms with van der Waals surface area (Å²) >= 11 is 1.64.